The molecule has 0 saturated carbocycles. The van der Waals surface area contributed by atoms with Gasteiger partial charge in [0, 0.05) is 23.4 Å². The monoisotopic (exact) mass is 532 g/mol. The number of carbonyl (C=O) groups is 2. The van der Waals surface area contributed by atoms with Crippen LogP contribution in [0.25, 0.3) is 16.7 Å². The summed E-state index contributed by atoms with van der Waals surface area (Å²) in [5, 5.41) is 0.350. The fourth-order valence-electron chi connectivity index (χ4n) is 4.88. The summed E-state index contributed by atoms with van der Waals surface area (Å²) in [5.74, 6) is -0.865. The summed E-state index contributed by atoms with van der Waals surface area (Å²) in [6.45, 7) is 4.96. The van der Waals surface area contributed by atoms with Gasteiger partial charge in [0.15, 0.2) is 15.4 Å². The highest BCUT2D eigenvalue weighted by Crippen LogP contribution is 2.43. The lowest BCUT2D eigenvalue weighted by atomic mass is 9.86. The smallest absolute Gasteiger partial charge is 0.341 e. The second-order valence-corrected chi connectivity index (χ2v) is 11.7. The molecule has 2 aromatic rings. The molecule has 8 nitrogen and oxygen atoms in total. The predicted octanol–water partition coefficient (Wildman–Crippen LogP) is 3.34. The van der Waals surface area contributed by atoms with E-state index >= 15 is 0 Å². The number of piperidine rings is 1. The van der Waals surface area contributed by atoms with Gasteiger partial charge in [-0.25, -0.2) is 13.2 Å². The van der Waals surface area contributed by atoms with Crippen LogP contribution < -0.4 is 5.73 Å². The topological polar surface area (TPSA) is 116 Å². The van der Waals surface area contributed by atoms with Gasteiger partial charge in [0.25, 0.3) is 0 Å². The van der Waals surface area contributed by atoms with E-state index < -0.39 is 21.4 Å². The molecule has 192 valence electrons. The van der Waals surface area contributed by atoms with E-state index in [1.807, 2.05) is 17.9 Å². The summed E-state index contributed by atoms with van der Waals surface area (Å²) >= 11 is 6.64. The minimum atomic E-state index is -3.38. The van der Waals surface area contributed by atoms with Gasteiger partial charge in [-0.05, 0) is 74.2 Å². The van der Waals surface area contributed by atoms with Crippen LogP contribution in [0.1, 0.15) is 30.9 Å². The third-order valence-corrected chi connectivity index (χ3v) is 8.02. The highest BCUT2D eigenvalue weighted by molar-refractivity contribution is 7.90. The van der Waals surface area contributed by atoms with E-state index in [9.17, 15) is 18.0 Å². The molecule has 0 aliphatic carbocycles. The van der Waals surface area contributed by atoms with Crippen LogP contribution >= 0.6 is 11.6 Å². The number of sulfone groups is 1. The van der Waals surface area contributed by atoms with Gasteiger partial charge in [-0.2, -0.15) is 0 Å². The number of nitrogens with zero attached hydrogens (tertiary/aromatic N) is 1. The van der Waals surface area contributed by atoms with Gasteiger partial charge in [-0.15, -0.1) is 0 Å². The largest absolute Gasteiger partial charge is 0.465 e. The Morgan fingerprint density at radius 2 is 2.00 bits per heavy atom. The zero-order valence-electron chi connectivity index (χ0n) is 20.5. The van der Waals surface area contributed by atoms with Gasteiger partial charge in [-0.3, -0.25) is 9.69 Å². The molecule has 0 radical (unpaired) electrons. The molecule has 36 heavy (non-hydrogen) atoms. The summed E-state index contributed by atoms with van der Waals surface area (Å²) in [7, 11) is -3.38. The molecule has 1 saturated heterocycles. The SMILES string of the molecule is CCOC(=O)CN1CCCC2(C1)OC(=O)C(c1cc(Cl)c(-c3cccc(S(C)(=O)=O)c3)cc1C)=C2N. The molecule has 1 spiro atoms. The van der Waals surface area contributed by atoms with Crippen molar-refractivity contribution in [2.24, 2.45) is 5.73 Å². The zero-order valence-corrected chi connectivity index (χ0v) is 22.0. The normalized spacial score (nSPS) is 20.6. The lowest BCUT2D eigenvalue weighted by Crippen LogP contribution is -2.52. The Balaban J connectivity index is 1.70. The second-order valence-electron chi connectivity index (χ2n) is 9.24. The summed E-state index contributed by atoms with van der Waals surface area (Å²) in [6.07, 6.45) is 2.41. The van der Waals surface area contributed by atoms with Crippen molar-refractivity contribution < 1.29 is 27.5 Å². The van der Waals surface area contributed by atoms with E-state index in [2.05, 4.69) is 0 Å². The van der Waals surface area contributed by atoms with Gasteiger partial charge in [0.1, 0.15) is 0 Å². The molecule has 2 N–H and O–H groups in total. The van der Waals surface area contributed by atoms with Crippen molar-refractivity contribution in [3.8, 4) is 11.1 Å². The quantitative estimate of drug-likeness (QED) is 0.563. The molecular weight excluding hydrogens is 504 g/mol. The molecule has 10 heteroatoms. The Hall–Kier alpha value is -2.88. The first-order chi connectivity index (χ1) is 16.9. The van der Waals surface area contributed by atoms with Gasteiger partial charge in [0.05, 0.1) is 29.3 Å². The third-order valence-electron chi connectivity index (χ3n) is 6.60. The highest BCUT2D eigenvalue weighted by Gasteiger charge is 2.49. The number of carbonyl (C=O) groups excluding carboxylic acids is 2. The van der Waals surface area contributed by atoms with Gasteiger partial charge in [0.2, 0.25) is 0 Å². The van der Waals surface area contributed by atoms with Crippen LogP contribution in [0.4, 0.5) is 0 Å². The minimum Gasteiger partial charge on any atom is -0.465 e. The number of benzene rings is 2. The molecule has 1 unspecified atom stereocenters. The third kappa shape index (κ3) is 5.00. The van der Waals surface area contributed by atoms with E-state index in [1.165, 1.54) is 6.07 Å². The number of hydrogen-bond acceptors (Lipinski definition) is 8. The summed E-state index contributed by atoms with van der Waals surface area (Å²) in [6, 6.07) is 10.0. The Morgan fingerprint density at radius 1 is 1.25 bits per heavy atom. The molecule has 0 amide bonds. The van der Waals surface area contributed by atoms with Crippen LogP contribution in [0.15, 0.2) is 47.0 Å². The lowest BCUT2D eigenvalue weighted by molar-refractivity contribution is -0.152. The van der Waals surface area contributed by atoms with Crippen LogP contribution in [-0.4, -0.2) is 63.4 Å². The first kappa shape index (κ1) is 26.2. The van der Waals surface area contributed by atoms with Gasteiger partial charge >= 0.3 is 11.9 Å². The van der Waals surface area contributed by atoms with E-state index in [1.54, 1.807) is 31.2 Å². The summed E-state index contributed by atoms with van der Waals surface area (Å²) in [5.41, 5.74) is 8.75. The molecular formula is C26H29ClN2O6S. The first-order valence-corrected chi connectivity index (χ1v) is 13.9. The Kier molecular flexibility index (Phi) is 7.19. The van der Waals surface area contributed by atoms with Crippen molar-refractivity contribution in [3.63, 3.8) is 0 Å². The maximum atomic E-state index is 13.1. The van der Waals surface area contributed by atoms with Crippen molar-refractivity contribution in [2.75, 3.05) is 32.5 Å². The first-order valence-electron chi connectivity index (χ1n) is 11.7. The molecule has 2 heterocycles. The molecule has 2 aliphatic heterocycles. The van der Waals surface area contributed by atoms with Crippen molar-refractivity contribution in [1.29, 1.82) is 0 Å². The number of nitrogens with two attached hydrogens (primary N) is 1. The minimum absolute atomic E-state index is 0.0991. The molecule has 2 aliphatic rings. The van der Waals surface area contributed by atoms with E-state index in [4.69, 9.17) is 26.8 Å². The number of likely N-dealkylation sites (tertiary alicyclic amines) is 1. The summed E-state index contributed by atoms with van der Waals surface area (Å²) < 4.78 is 34.9. The van der Waals surface area contributed by atoms with Crippen LogP contribution in [0.2, 0.25) is 5.02 Å². The maximum absolute atomic E-state index is 13.1. The van der Waals surface area contributed by atoms with Crippen molar-refractivity contribution in [2.45, 2.75) is 37.2 Å². The average molecular weight is 533 g/mol. The maximum Gasteiger partial charge on any atom is 0.341 e. The Morgan fingerprint density at radius 3 is 2.69 bits per heavy atom. The van der Waals surface area contributed by atoms with Gasteiger partial charge in [-0.1, -0.05) is 23.7 Å². The van der Waals surface area contributed by atoms with E-state index in [0.717, 1.165) is 11.8 Å². The van der Waals surface area contributed by atoms with Crippen molar-refractivity contribution in [3.05, 3.63) is 58.2 Å². The van der Waals surface area contributed by atoms with E-state index in [0.29, 0.717) is 59.9 Å². The Bertz CT molecular complexity index is 1370. The van der Waals surface area contributed by atoms with E-state index in [-0.39, 0.29) is 23.0 Å². The number of ether oxygens (including phenoxy) is 2. The van der Waals surface area contributed by atoms with Crippen LogP contribution in [0.5, 0.6) is 0 Å². The number of halogens is 1. The fraction of sp³-hybridized carbons (Fsp3) is 0.385. The highest BCUT2D eigenvalue weighted by atomic mass is 35.5. The average Bonchev–Trinajstić information content (AvgIpc) is 3.03. The molecule has 1 atom stereocenters. The number of esters is 2. The molecule has 0 bridgehead atoms. The summed E-state index contributed by atoms with van der Waals surface area (Å²) in [4.78, 5) is 27.2. The number of aryl methyl sites for hydroxylation is 1. The van der Waals surface area contributed by atoms with Crippen LogP contribution in [0, 0.1) is 6.92 Å². The lowest BCUT2D eigenvalue weighted by Gasteiger charge is -2.39. The standard InChI is InChI=1S/C26H29ClN2O6S/c1-4-34-22(30)14-29-10-6-9-26(15-29)24(28)23(25(31)35-26)19-13-21(27)20(11-16(19)2)17-7-5-8-18(12-17)36(3,32)33/h5,7-8,11-13H,4,6,9-10,14-15,28H2,1-3H3. The molecule has 2 aromatic carbocycles. The molecule has 0 aromatic heterocycles. The molecule has 4 rings (SSSR count). The van der Waals surface area contributed by atoms with Crippen LogP contribution in [-0.2, 0) is 28.9 Å². The number of hydrogen-bond donors (Lipinski definition) is 1. The molecule has 1 fully saturated rings. The van der Waals surface area contributed by atoms with Crippen molar-refractivity contribution >= 4 is 38.9 Å². The second kappa shape index (κ2) is 9.88. The fourth-order valence-corrected chi connectivity index (χ4v) is 5.82. The van der Waals surface area contributed by atoms with Crippen molar-refractivity contribution in [1.82, 2.24) is 4.90 Å². The van der Waals surface area contributed by atoms with Crippen LogP contribution in [0.3, 0.4) is 0 Å². The van der Waals surface area contributed by atoms with Gasteiger partial charge < -0.3 is 15.2 Å². The Labute approximate surface area is 215 Å². The predicted molar refractivity (Wildman–Crippen MR) is 137 cm³/mol. The zero-order chi connectivity index (χ0) is 26.3. The number of rotatable bonds is 6.